The Kier molecular flexibility index (Phi) is 8.17. The molecule has 0 spiro atoms. The summed E-state index contributed by atoms with van der Waals surface area (Å²) < 4.78 is 34.4. The molecule has 0 aliphatic carbocycles. The van der Waals surface area contributed by atoms with E-state index < -0.39 is 48.7 Å². The van der Waals surface area contributed by atoms with Gasteiger partial charge in [0.1, 0.15) is 18.0 Å². The van der Waals surface area contributed by atoms with Gasteiger partial charge in [-0.25, -0.2) is 14.6 Å². The molecule has 4 aliphatic heterocycles. The van der Waals surface area contributed by atoms with Crippen molar-refractivity contribution in [3.63, 3.8) is 0 Å². The standard InChI is InChI=1S/C34H42BN5O9/c1-18(2)28(38-31(42)44-7)30(41)40-16-22(47-32(43)39-14-19-10-26-27(46-17-45-26)11-20(19)15-39)13-25(40)29-36-23-9-8-21(12-24(23)37-29)35-48-33(3,4)34(5,6)49-35/h8-12,18,22,25,28H,13-17H2,1-7H3,(H,36,37)(H,38,42)/t22-,25+,28+/m1/s1. The summed E-state index contributed by atoms with van der Waals surface area (Å²) in [7, 11) is 0.694. The van der Waals surface area contributed by atoms with Gasteiger partial charge in [0.05, 0.1) is 41.9 Å². The van der Waals surface area contributed by atoms with E-state index in [9.17, 15) is 14.4 Å². The number of likely N-dealkylation sites (tertiary alicyclic amines) is 1. The minimum Gasteiger partial charge on any atom is -0.454 e. The van der Waals surface area contributed by atoms with Crippen molar-refractivity contribution in [3.05, 3.63) is 47.3 Å². The first kappa shape index (κ1) is 33.0. The van der Waals surface area contributed by atoms with Crippen molar-refractivity contribution in [1.29, 1.82) is 0 Å². The van der Waals surface area contributed by atoms with Gasteiger partial charge < -0.3 is 43.5 Å². The van der Waals surface area contributed by atoms with Crippen molar-refractivity contribution in [2.75, 3.05) is 20.4 Å². The van der Waals surface area contributed by atoms with Gasteiger partial charge in [-0.05, 0) is 74.5 Å². The number of hydrogen-bond acceptors (Lipinski definition) is 10. The quantitative estimate of drug-likeness (QED) is 0.369. The fourth-order valence-corrected chi connectivity index (χ4v) is 6.72. The van der Waals surface area contributed by atoms with Crippen LogP contribution in [0.4, 0.5) is 9.59 Å². The lowest BCUT2D eigenvalue weighted by Gasteiger charge is -2.32. The summed E-state index contributed by atoms with van der Waals surface area (Å²) >= 11 is 0. The first-order chi connectivity index (χ1) is 23.2. The molecule has 2 fully saturated rings. The van der Waals surface area contributed by atoms with Gasteiger partial charge in [-0.3, -0.25) is 9.69 Å². The Bertz CT molecular complexity index is 1760. The second-order valence-corrected chi connectivity index (χ2v) is 14.4. The van der Waals surface area contributed by atoms with Gasteiger partial charge in [0.25, 0.3) is 0 Å². The number of carbonyl (C=O) groups is 3. The Morgan fingerprint density at radius 3 is 2.29 bits per heavy atom. The number of fused-ring (bicyclic) bond motifs is 3. The molecule has 49 heavy (non-hydrogen) atoms. The lowest BCUT2D eigenvalue weighted by Crippen LogP contribution is -2.51. The summed E-state index contributed by atoms with van der Waals surface area (Å²) in [6.45, 7) is 12.8. The summed E-state index contributed by atoms with van der Waals surface area (Å²) in [5.74, 6) is 1.29. The van der Waals surface area contributed by atoms with E-state index in [-0.39, 0.29) is 25.2 Å². The average Bonchev–Trinajstić information content (AvgIpc) is 3.87. The Morgan fingerprint density at radius 2 is 1.67 bits per heavy atom. The molecule has 2 aromatic carbocycles. The van der Waals surface area contributed by atoms with Crippen molar-refractivity contribution in [3.8, 4) is 11.5 Å². The summed E-state index contributed by atoms with van der Waals surface area (Å²) in [6, 6.07) is 8.13. The third-order valence-electron chi connectivity index (χ3n) is 10.2. The van der Waals surface area contributed by atoms with Crippen molar-refractivity contribution in [1.82, 2.24) is 25.1 Å². The summed E-state index contributed by atoms with van der Waals surface area (Å²) in [6.07, 6.45) is -1.51. The van der Waals surface area contributed by atoms with Crippen LogP contribution in [0, 0.1) is 5.92 Å². The van der Waals surface area contributed by atoms with Gasteiger partial charge in [-0.15, -0.1) is 0 Å². The van der Waals surface area contributed by atoms with E-state index in [1.165, 1.54) is 7.11 Å². The first-order valence-electron chi connectivity index (χ1n) is 16.6. The van der Waals surface area contributed by atoms with Gasteiger partial charge >= 0.3 is 19.3 Å². The van der Waals surface area contributed by atoms with Gasteiger partial charge in [-0.2, -0.15) is 0 Å². The number of aromatic amines is 1. The number of H-pyrrole nitrogens is 1. The third-order valence-corrected chi connectivity index (χ3v) is 10.2. The van der Waals surface area contributed by atoms with Gasteiger partial charge in [0.2, 0.25) is 12.7 Å². The van der Waals surface area contributed by atoms with E-state index in [0.29, 0.717) is 42.4 Å². The van der Waals surface area contributed by atoms with E-state index in [0.717, 1.165) is 22.1 Å². The van der Waals surface area contributed by atoms with E-state index in [1.807, 2.05) is 71.9 Å². The third kappa shape index (κ3) is 6.03. The van der Waals surface area contributed by atoms with E-state index >= 15 is 0 Å². The Hall–Kier alpha value is -4.50. The molecule has 0 unspecified atom stereocenters. The van der Waals surface area contributed by atoms with Crippen molar-refractivity contribution in [2.45, 2.75) is 90.4 Å². The molecule has 0 radical (unpaired) electrons. The molecule has 3 aromatic rings. The SMILES string of the molecule is COC(=O)N[C@H](C(=O)N1C[C@H](OC(=O)N2Cc3cc4c(cc3C2)OCO4)C[C@H]1c1nc2cc(B3OC(C)(C)C(C)(C)O3)ccc2[nH]1)C(C)C. The molecule has 0 bridgehead atoms. The Balaban J connectivity index is 1.13. The average molecular weight is 676 g/mol. The van der Waals surface area contributed by atoms with Crippen LogP contribution in [0.15, 0.2) is 30.3 Å². The summed E-state index contributed by atoms with van der Waals surface area (Å²) in [5.41, 5.74) is 3.23. The number of alkyl carbamates (subject to hydrolysis) is 1. The maximum absolute atomic E-state index is 14.1. The number of nitrogens with zero attached hydrogens (tertiary/aromatic N) is 3. The van der Waals surface area contributed by atoms with Crippen LogP contribution < -0.4 is 20.3 Å². The Labute approximate surface area is 284 Å². The van der Waals surface area contributed by atoms with Crippen molar-refractivity contribution in [2.24, 2.45) is 5.92 Å². The number of amides is 3. The topological polar surface area (TPSA) is 154 Å². The zero-order chi connectivity index (χ0) is 34.8. The molecule has 260 valence electrons. The van der Waals surface area contributed by atoms with Crippen LogP contribution in [-0.2, 0) is 36.7 Å². The molecular formula is C34H42BN5O9. The molecule has 7 rings (SSSR count). The predicted octanol–water partition coefficient (Wildman–Crippen LogP) is 3.77. The predicted molar refractivity (Wildman–Crippen MR) is 177 cm³/mol. The number of rotatable bonds is 6. The number of hydrogen-bond donors (Lipinski definition) is 2. The lowest BCUT2D eigenvalue weighted by atomic mass is 9.79. The molecule has 3 amide bonds. The van der Waals surface area contributed by atoms with E-state index in [2.05, 4.69) is 10.3 Å². The van der Waals surface area contributed by atoms with Crippen LogP contribution in [0.1, 0.15) is 71.0 Å². The van der Waals surface area contributed by atoms with Crippen LogP contribution in [0.3, 0.4) is 0 Å². The molecule has 0 saturated carbocycles. The zero-order valence-corrected chi connectivity index (χ0v) is 28.8. The highest BCUT2D eigenvalue weighted by Crippen LogP contribution is 2.40. The molecule has 4 aliphatic rings. The fourth-order valence-electron chi connectivity index (χ4n) is 6.72. The second-order valence-electron chi connectivity index (χ2n) is 14.4. The number of imidazole rings is 1. The van der Waals surface area contributed by atoms with E-state index in [4.69, 9.17) is 33.2 Å². The monoisotopic (exact) mass is 675 g/mol. The summed E-state index contributed by atoms with van der Waals surface area (Å²) in [4.78, 5) is 51.4. The molecule has 2 saturated heterocycles. The van der Waals surface area contributed by atoms with Gasteiger partial charge in [-0.1, -0.05) is 19.9 Å². The van der Waals surface area contributed by atoms with Crippen LogP contribution >= 0.6 is 0 Å². The van der Waals surface area contributed by atoms with Gasteiger partial charge in [0.15, 0.2) is 11.5 Å². The van der Waals surface area contributed by atoms with Crippen LogP contribution in [-0.4, -0.2) is 88.8 Å². The number of ether oxygens (including phenoxy) is 4. The Morgan fingerprint density at radius 1 is 1.02 bits per heavy atom. The van der Waals surface area contributed by atoms with Crippen molar-refractivity contribution >= 4 is 41.7 Å². The normalized spacial score (nSPS) is 22.5. The molecular weight excluding hydrogens is 633 g/mol. The minimum absolute atomic E-state index is 0.119. The minimum atomic E-state index is -0.872. The number of benzene rings is 2. The van der Waals surface area contributed by atoms with Crippen LogP contribution in [0.5, 0.6) is 11.5 Å². The molecule has 15 heteroatoms. The highest BCUT2D eigenvalue weighted by atomic mass is 16.7. The number of nitrogens with one attached hydrogen (secondary N) is 2. The molecule has 3 atom stereocenters. The maximum atomic E-state index is 14.1. The highest BCUT2D eigenvalue weighted by Gasteiger charge is 2.52. The largest absolute Gasteiger partial charge is 0.494 e. The molecule has 14 nitrogen and oxygen atoms in total. The molecule has 5 heterocycles. The smallest absolute Gasteiger partial charge is 0.454 e. The summed E-state index contributed by atoms with van der Waals surface area (Å²) in [5, 5.41) is 2.68. The maximum Gasteiger partial charge on any atom is 0.494 e. The highest BCUT2D eigenvalue weighted by molar-refractivity contribution is 6.62. The van der Waals surface area contributed by atoms with Crippen LogP contribution in [0.2, 0.25) is 0 Å². The van der Waals surface area contributed by atoms with Gasteiger partial charge in [0, 0.05) is 19.5 Å². The van der Waals surface area contributed by atoms with Crippen LogP contribution in [0.25, 0.3) is 11.0 Å². The lowest BCUT2D eigenvalue weighted by molar-refractivity contribution is -0.135. The number of aromatic nitrogens is 2. The number of carbonyl (C=O) groups excluding carboxylic acids is 3. The second kappa shape index (κ2) is 12.1. The number of methoxy groups -OCH3 is 1. The molecule has 2 N–H and O–H groups in total. The van der Waals surface area contributed by atoms with E-state index in [1.54, 1.807) is 9.80 Å². The van der Waals surface area contributed by atoms with Crippen molar-refractivity contribution < 1.29 is 42.6 Å². The fraction of sp³-hybridized carbons (Fsp3) is 0.529. The first-order valence-corrected chi connectivity index (χ1v) is 16.6. The molecule has 1 aromatic heterocycles. The zero-order valence-electron chi connectivity index (χ0n) is 28.8.